The Bertz CT molecular complexity index is 519. The van der Waals surface area contributed by atoms with Gasteiger partial charge in [0.05, 0.1) is 36.0 Å². The first kappa shape index (κ1) is 16.1. The minimum absolute atomic E-state index is 0.134. The maximum atomic E-state index is 11.0. The van der Waals surface area contributed by atoms with Gasteiger partial charge in [0.1, 0.15) is 0 Å². The number of methoxy groups -OCH3 is 2. The number of nitro groups is 1. The second-order valence-corrected chi connectivity index (χ2v) is 5.04. The minimum atomic E-state index is -0.944. The number of carboxylic acid groups (broad SMARTS) is 1. The highest BCUT2D eigenvalue weighted by Gasteiger charge is 2.21. The summed E-state index contributed by atoms with van der Waals surface area (Å²) in [6.45, 7) is 1.54. The standard InChI is InChI=1S/C12H15NO6S/c1-7(12(14)15)6-20-11-5-10(19-3)9(18-2)4-8(11)13(16)17/h4-5,7H,6H2,1-3H3,(H,14,15). The largest absolute Gasteiger partial charge is 0.493 e. The number of carboxylic acids is 1. The van der Waals surface area contributed by atoms with Gasteiger partial charge < -0.3 is 14.6 Å². The van der Waals surface area contributed by atoms with Crippen LogP contribution in [-0.2, 0) is 4.79 Å². The van der Waals surface area contributed by atoms with Crippen LogP contribution < -0.4 is 9.47 Å². The van der Waals surface area contributed by atoms with E-state index in [9.17, 15) is 14.9 Å². The molecule has 1 unspecified atom stereocenters. The van der Waals surface area contributed by atoms with Gasteiger partial charge in [-0.25, -0.2) is 0 Å². The van der Waals surface area contributed by atoms with Crippen molar-refractivity contribution in [3.05, 3.63) is 22.2 Å². The van der Waals surface area contributed by atoms with Crippen LogP contribution in [0.4, 0.5) is 5.69 Å². The van der Waals surface area contributed by atoms with E-state index >= 15 is 0 Å². The molecule has 110 valence electrons. The van der Waals surface area contributed by atoms with Gasteiger partial charge in [-0.05, 0) is 0 Å². The van der Waals surface area contributed by atoms with Gasteiger partial charge in [-0.15, -0.1) is 11.8 Å². The van der Waals surface area contributed by atoms with E-state index in [0.717, 1.165) is 11.8 Å². The third-order valence-corrected chi connectivity index (χ3v) is 3.88. The molecular formula is C12H15NO6S. The fourth-order valence-corrected chi connectivity index (χ4v) is 2.44. The monoisotopic (exact) mass is 301 g/mol. The SMILES string of the molecule is COc1cc(SCC(C)C(=O)O)c([N+](=O)[O-])cc1OC. The van der Waals surface area contributed by atoms with E-state index in [1.54, 1.807) is 6.92 Å². The van der Waals surface area contributed by atoms with Crippen LogP contribution in [-0.4, -0.2) is 36.0 Å². The number of carbonyl (C=O) groups is 1. The lowest BCUT2D eigenvalue weighted by Crippen LogP contribution is -2.11. The molecule has 0 amide bonds. The number of nitro benzene ring substituents is 1. The molecule has 1 aromatic carbocycles. The van der Waals surface area contributed by atoms with Crippen molar-refractivity contribution in [1.82, 2.24) is 0 Å². The first-order valence-electron chi connectivity index (χ1n) is 5.66. The predicted octanol–water partition coefficient (Wildman–Crippen LogP) is 2.42. The van der Waals surface area contributed by atoms with E-state index in [0.29, 0.717) is 10.6 Å². The summed E-state index contributed by atoms with van der Waals surface area (Å²) in [7, 11) is 2.82. The van der Waals surface area contributed by atoms with Crippen molar-refractivity contribution >= 4 is 23.4 Å². The third-order valence-electron chi connectivity index (χ3n) is 2.57. The van der Waals surface area contributed by atoms with Crippen molar-refractivity contribution in [2.24, 2.45) is 5.92 Å². The summed E-state index contributed by atoms with van der Waals surface area (Å²) in [5.41, 5.74) is -0.134. The zero-order valence-electron chi connectivity index (χ0n) is 11.3. The Morgan fingerprint density at radius 1 is 1.40 bits per heavy atom. The Morgan fingerprint density at radius 2 is 1.95 bits per heavy atom. The molecule has 0 fully saturated rings. The fraction of sp³-hybridized carbons (Fsp3) is 0.417. The first-order chi connectivity index (χ1) is 9.40. The number of hydrogen-bond donors (Lipinski definition) is 1. The topological polar surface area (TPSA) is 98.9 Å². The number of ether oxygens (including phenoxy) is 2. The van der Waals surface area contributed by atoms with Crippen molar-refractivity contribution in [2.75, 3.05) is 20.0 Å². The van der Waals surface area contributed by atoms with E-state index in [4.69, 9.17) is 14.6 Å². The molecule has 0 radical (unpaired) electrons. The fourth-order valence-electron chi connectivity index (χ4n) is 1.39. The van der Waals surface area contributed by atoms with Gasteiger partial charge in [-0.3, -0.25) is 14.9 Å². The summed E-state index contributed by atoms with van der Waals surface area (Å²) in [4.78, 5) is 21.6. The lowest BCUT2D eigenvalue weighted by atomic mass is 10.2. The van der Waals surface area contributed by atoms with Gasteiger partial charge in [-0.2, -0.15) is 0 Å². The Balaban J connectivity index is 3.09. The van der Waals surface area contributed by atoms with Crippen molar-refractivity contribution in [2.45, 2.75) is 11.8 Å². The molecule has 0 bridgehead atoms. The molecule has 0 aromatic heterocycles. The highest BCUT2D eigenvalue weighted by Crippen LogP contribution is 2.39. The number of aliphatic carboxylic acids is 1. The molecule has 1 atom stereocenters. The smallest absolute Gasteiger partial charge is 0.307 e. The maximum Gasteiger partial charge on any atom is 0.307 e. The summed E-state index contributed by atoms with van der Waals surface area (Å²) in [6, 6.07) is 2.75. The lowest BCUT2D eigenvalue weighted by Gasteiger charge is -2.11. The summed E-state index contributed by atoms with van der Waals surface area (Å²) >= 11 is 1.10. The Labute approximate surface area is 120 Å². The van der Waals surface area contributed by atoms with Crippen LogP contribution >= 0.6 is 11.8 Å². The normalized spacial score (nSPS) is 11.8. The predicted molar refractivity (Wildman–Crippen MR) is 73.7 cm³/mol. The number of rotatable bonds is 7. The number of benzene rings is 1. The van der Waals surface area contributed by atoms with E-state index < -0.39 is 16.8 Å². The van der Waals surface area contributed by atoms with Crippen LogP contribution in [0.5, 0.6) is 11.5 Å². The quantitative estimate of drug-likeness (QED) is 0.469. The van der Waals surface area contributed by atoms with Gasteiger partial charge in [0.15, 0.2) is 11.5 Å². The zero-order valence-corrected chi connectivity index (χ0v) is 12.1. The van der Waals surface area contributed by atoms with Crippen LogP contribution in [0.15, 0.2) is 17.0 Å². The molecule has 20 heavy (non-hydrogen) atoms. The van der Waals surface area contributed by atoms with Gasteiger partial charge in [0.2, 0.25) is 0 Å². The second kappa shape index (κ2) is 6.99. The number of hydrogen-bond acceptors (Lipinski definition) is 6. The van der Waals surface area contributed by atoms with Gasteiger partial charge in [0.25, 0.3) is 5.69 Å². The summed E-state index contributed by atoms with van der Waals surface area (Å²) in [6.07, 6.45) is 0. The van der Waals surface area contributed by atoms with Crippen LogP contribution in [0.25, 0.3) is 0 Å². The Kier molecular flexibility index (Phi) is 5.63. The van der Waals surface area contributed by atoms with Gasteiger partial charge >= 0.3 is 5.97 Å². The first-order valence-corrected chi connectivity index (χ1v) is 6.65. The molecular weight excluding hydrogens is 286 g/mol. The molecule has 8 heteroatoms. The highest BCUT2D eigenvalue weighted by molar-refractivity contribution is 7.99. The maximum absolute atomic E-state index is 11.0. The minimum Gasteiger partial charge on any atom is -0.493 e. The van der Waals surface area contributed by atoms with Gasteiger partial charge in [-0.1, -0.05) is 6.92 Å². The molecule has 7 nitrogen and oxygen atoms in total. The Hall–Kier alpha value is -1.96. The number of thioether (sulfide) groups is 1. The summed E-state index contributed by atoms with van der Waals surface area (Å²) in [5, 5.41) is 19.9. The second-order valence-electron chi connectivity index (χ2n) is 3.98. The van der Waals surface area contributed by atoms with Crippen LogP contribution in [0, 0.1) is 16.0 Å². The average molecular weight is 301 g/mol. The van der Waals surface area contributed by atoms with E-state index in [1.807, 2.05) is 0 Å². The highest BCUT2D eigenvalue weighted by atomic mass is 32.2. The zero-order chi connectivity index (χ0) is 15.3. The average Bonchev–Trinajstić information content (AvgIpc) is 2.43. The van der Waals surface area contributed by atoms with Gasteiger partial charge in [0, 0.05) is 11.8 Å². The van der Waals surface area contributed by atoms with Crippen molar-refractivity contribution in [1.29, 1.82) is 0 Å². The Morgan fingerprint density at radius 3 is 2.40 bits per heavy atom. The molecule has 1 N–H and O–H groups in total. The van der Waals surface area contributed by atoms with Crippen LogP contribution in [0.2, 0.25) is 0 Å². The molecule has 0 aliphatic heterocycles. The van der Waals surface area contributed by atoms with E-state index in [2.05, 4.69) is 0 Å². The molecule has 0 aliphatic carbocycles. The molecule has 0 saturated carbocycles. The lowest BCUT2D eigenvalue weighted by molar-refractivity contribution is -0.387. The molecule has 0 saturated heterocycles. The molecule has 0 heterocycles. The van der Waals surface area contributed by atoms with Crippen LogP contribution in [0.1, 0.15) is 6.92 Å². The summed E-state index contributed by atoms with van der Waals surface area (Å²) < 4.78 is 10.1. The van der Waals surface area contributed by atoms with E-state index in [-0.39, 0.29) is 17.2 Å². The van der Waals surface area contributed by atoms with Crippen molar-refractivity contribution in [3.63, 3.8) is 0 Å². The van der Waals surface area contributed by atoms with Crippen molar-refractivity contribution in [3.8, 4) is 11.5 Å². The number of nitrogens with zero attached hydrogens (tertiary/aromatic N) is 1. The molecule has 1 aromatic rings. The molecule has 1 rings (SSSR count). The molecule has 0 aliphatic rings. The third kappa shape index (κ3) is 3.77. The van der Waals surface area contributed by atoms with E-state index in [1.165, 1.54) is 26.4 Å². The molecule has 0 spiro atoms. The van der Waals surface area contributed by atoms with Crippen molar-refractivity contribution < 1.29 is 24.3 Å². The van der Waals surface area contributed by atoms with Crippen LogP contribution in [0.3, 0.4) is 0 Å². The summed E-state index contributed by atoms with van der Waals surface area (Å²) in [5.74, 6) is -0.696.